The Morgan fingerprint density at radius 2 is 1.95 bits per heavy atom. The maximum Gasteiger partial charge on any atom is 0.258 e. The van der Waals surface area contributed by atoms with E-state index in [1.807, 2.05) is 44.2 Å². The number of nitrogens with zero attached hydrogens (tertiary/aromatic N) is 2. The van der Waals surface area contributed by atoms with Gasteiger partial charge < -0.3 is 0 Å². The average molecular weight is 266 g/mol. The Morgan fingerprint density at radius 1 is 1.30 bits per heavy atom. The lowest BCUT2D eigenvalue weighted by atomic mass is 10.0. The number of rotatable bonds is 3. The minimum atomic E-state index is -0.0551. The minimum Gasteiger partial charge on any atom is -0.299 e. The molecule has 0 N–H and O–H groups in total. The Bertz CT molecular complexity index is 706. The van der Waals surface area contributed by atoms with Crippen molar-refractivity contribution in [3.05, 3.63) is 52.1 Å². The molecule has 1 aromatic heterocycles. The Labute approximate surface area is 119 Å². The average Bonchev–Trinajstić information content (AvgIpc) is 2.45. The fraction of sp³-hybridized carbons (Fsp3) is 0.294. The molecule has 0 spiro atoms. The van der Waals surface area contributed by atoms with Crippen LogP contribution in [0.5, 0.6) is 0 Å². The van der Waals surface area contributed by atoms with Crippen LogP contribution in [-0.4, -0.2) is 9.55 Å². The van der Waals surface area contributed by atoms with Gasteiger partial charge in [0, 0.05) is 24.9 Å². The van der Waals surface area contributed by atoms with Crippen LogP contribution >= 0.6 is 0 Å². The first-order valence-corrected chi connectivity index (χ1v) is 6.65. The highest BCUT2D eigenvalue weighted by Crippen LogP contribution is 2.22. The van der Waals surface area contributed by atoms with Gasteiger partial charge in [0.1, 0.15) is 5.82 Å². The first-order valence-electron chi connectivity index (χ1n) is 6.65. The topological polar surface area (TPSA) is 34.9 Å². The summed E-state index contributed by atoms with van der Waals surface area (Å²) >= 11 is 0. The van der Waals surface area contributed by atoms with Gasteiger partial charge in [0.05, 0.1) is 11.3 Å². The van der Waals surface area contributed by atoms with Crippen molar-refractivity contribution >= 4 is 0 Å². The Hall–Kier alpha value is -2.34. The van der Waals surface area contributed by atoms with Crippen molar-refractivity contribution in [3.63, 3.8) is 0 Å². The summed E-state index contributed by atoms with van der Waals surface area (Å²) in [5, 5.41) is 0. The zero-order valence-electron chi connectivity index (χ0n) is 12.1. The highest BCUT2D eigenvalue weighted by Gasteiger charge is 2.16. The SMILES string of the molecule is C#CCc1c(-c2ccccc2)nc(C(C)C)n(C)c1=O. The monoisotopic (exact) mass is 266 g/mol. The molecule has 3 nitrogen and oxygen atoms in total. The number of hydrogen-bond donors (Lipinski definition) is 0. The first-order chi connectivity index (χ1) is 9.56. The van der Waals surface area contributed by atoms with Gasteiger partial charge in [-0.05, 0) is 0 Å². The summed E-state index contributed by atoms with van der Waals surface area (Å²) in [7, 11) is 1.75. The molecular weight excluding hydrogens is 248 g/mol. The third-order valence-electron chi connectivity index (χ3n) is 3.26. The van der Waals surface area contributed by atoms with Crippen LogP contribution < -0.4 is 5.56 Å². The zero-order valence-corrected chi connectivity index (χ0v) is 12.1. The normalized spacial score (nSPS) is 10.6. The molecule has 0 atom stereocenters. The summed E-state index contributed by atoms with van der Waals surface area (Å²) in [6.07, 6.45) is 5.69. The molecule has 0 amide bonds. The van der Waals surface area contributed by atoms with E-state index in [4.69, 9.17) is 6.42 Å². The van der Waals surface area contributed by atoms with Gasteiger partial charge >= 0.3 is 0 Å². The third kappa shape index (κ3) is 2.50. The Balaban J connectivity index is 2.78. The molecular formula is C17H18N2O. The largest absolute Gasteiger partial charge is 0.299 e. The van der Waals surface area contributed by atoms with Crippen LogP contribution in [-0.2, 0) is 13.5 Å². The second-order valence-corrected chi connectivity index (χ2v) is 5.06. The van der Waals surface area contributed by atoms with E-state index in [1.165, 1.54) is 0 Å². The van der Waals surface area contributed by atoms with Crippen molar-refractivity contribution in [3.8, 4) is 23.6 Å². The van der Waals surface area contributed by atoms with Crippen LogP contribution in [0.4, 0.5) is 0 Å². The smallest absolute Gasteiger partial charge is 0.258 e. The summed E-state index contributed by atoms with van der Waals surface area (Å²) in [4.78, 5) is 17.2. The van der Waals surface area contributed by atoms with E-state index in [0.717, 1.165) is 11.4 Å². The number of terminal acetylenes is 1. The molecule has 2 aromatic rings. The van der Waals surface area contributed by atoms with Gasteiger partial charge in [-0.2, -0.15) is 0 Å². The van der Waals surface area contributed by atoms with Crippen molar-refractivity contribution in [1.29, 1.82) is 0 Å². The van der Waals surface area contributed by atoms with Gasteiger partial charge in [0.25, 0.3) is 5.56 Å². The second-order valence-electron chi connectivity index (χ2n) is 5.06. The maximum atomic E-state index is 12.5. The van der Waals surface area contributed by atoms with Crippen molar-refractivity contribution in [2.45, 2.75) is 26.2 Å². The molecule has 2 rings (SSSR count). The van der Waals surface area contributed by atoms with Crippen LogP contribution in [0.3, 0.4) is 0 Å². The summed E-state index contributed by atoms with van der Waals surface area (Å²) < 4.78 is 1.60. The van der Waals surface area contributed by atoms with Crippen molar-refractivity contribution < 1.29 is 0 Å². The molecule has 0 aliphatic rings. The summed E-state index contributed by atoms with van der Waals surface area (Å²) in [6.45, 7) is 4.05. The molecule has 0 radical (unpaired) electrons. The highest BCUT2D eigenvalue weighted by molar-refractivity contribution is 5.63. The van der Waals surface area contributed by atoms with Crippen molar-refractivity contribution in [1.82, 2.24) is 9.55 Å². The van der Waals surface area contributed by atoms with Crippen LogP contribution in [0.2, 0.25) is 0 Å². The molecule has 0 saturated carbocycles. The molecule has 0 fully saturated rings. The van der Waals surface area contributed by atoms with E-state index in [0.29, 0.717) is 17.7 Å². The second kappa shape index (κ2) is 5.75. The fourth-order valence-corrected chi connectivity index (χ4v) is 2.28. The quantitative estimate of drug-likeness (QED) is 0.801. The van der Waals surface area contributed by atoms with Gasteiger partial charge in [-0.3, -0.25) is 9.36 Å². The Morgan fingerprint density at radius 3 is 2.50 bits per heavy atom. The van der Waals surface area contributed by atoms with E-state index in [1.54, 1.807) is 11.6 Å². The van der Waals surface area contributed by atoms with Crippen LogP contribution in [0.25, 0.3) is 11.3 Å². The molecule has 0 aliphatic carbocycles. The predicted octanol–water partition coefficient (Wildman–Crippen LogP) is 2.75. The molecule has 0 saturated heterocycles. The van der Waals surface area contributed by atoms with Crippen LogP contribution in [0.15, 0.2) is 35.1 Å². The maximum absolute atomic E-state index is 12.5. The molecule has 0 unspecified atom stereocenters. The minimum absolute atomic E-state index is 0.0551. The fourth-order valence-electron chi connectivity index (χ4n) is 2.28. The third-order valence-corrected chi connectivity index (χ3v) is 3.26. The van der Waals surface area contributed by atoms with E-state index in [9.17, 15) is 4.79 Å². The van der Waals surface area contributed by atoms with Gasteiger partial charge in [0.2, 0.25) is 0 Å². The number of aromatic nitrogens is 2. The van der Waals surface area contributed by atoms with Crippen molar-refractivity contribution in [2.75, 3.05) is 0 Å². The summed E-state index contributed by atoms with van der Waals surface area (Å²) in [5.74, 6) is 3.51. The lowest BCUT2D eigenvalue weighted by molar-refractivity contribution is 0.661. The lowest BCUT2D eigenvalue weighted by Gasteiger charge is -2.15. The zero-order chi connectivity index (χ0) is 14.7. The van der Waals surface area contributed by atoms with E-state index in [2.05, 4.69) is 10.9 Å². The first kappa shape index (κ1) is 14.1. The number of hydrogen-bond acceptors (Lipinski definition) is 2. The highest BCUT2D eigenvalue weighted by atomic mass is 16.1. The van der Waals surface area contributed by atoms with E-state index in [-0.39, 0.29) is 11.5 Å². The molecule has 20 heavy (non-hydrogen) atoms. The summed E-state index contributed by atoms with van der Waals surface area (Å²) in [5.41, 5.74) is 2.17. The standard InChI is InChI=1S/C17H18N2O/c1-5-9-14-15(13-10-7-6-8-11-13)18-16(12(2)3)19(4)17(14)20/h1,6-8,10-12H,9H2,2-4H3. The van der Waals surface area contributed by atoms with Gasteiger partial charge in [-0.25, -0.2) is 4.98 Å². The molecule has 3 heteroatoms. The van der Waals surface area contributed by atoms with Gasteiger partial charge in [0.15, 0.2) is 0 Å². The van der Waals surface area contributed by atoms with Gasteiger partial charge in [-0.15, -0.1) is 12.3 Å². The van der Waals surface area contributed by atoms with Crippen LogP contribution in [0.1, 0.15) is 31.2 Å². The van der Waals surface area contributed by atoms with E-state index < -0.39 is 0 Å². The van der Waals surface area contributed by atoms with E-state index >= 15 is 0 Å². The Kier molecular flexibility index (Phi) is 4.05. The van der Waals surface area contributed by atoms with Crippen LogP contribution in [0, 0.1) is 12.3 Å². The molecule has 0 aliphatic heterocycles. The number of benzene rings is 1. The van der Waals surface area contributed by atoms with Gasteiger partial charge in [-0.1, -0.05) is 44.2 Å². The molecule has 102 valence electrons. The molecule has 1 aromatic carbocycles. The van der Waals surface area contributed by atoms with Crippen molar-refractivity contribution in [2.24, 2.45) is 7.05 Å². The molecule has 0 bridgehead atoms. The summed E-state index contributed by atoms with van der Waals surface area (Å²) in [6, 6.07) is 9.71. The molecule has 1 heterocycles. The lowest BCUT2D eigenvalue weighted by Crippen LogP contribution is -2.27. The predicted molar refractivity (Wildman–Crippen MR) is 81.5 cm³/mol.